The quantitative estimate of drug-likeness (QED) is 0.634. The van der Waals surface area contributed by atoms with Gasteiger partial charge in [-0.05, 0) is 32.0 Å². The highest BCUT2D eigenvalue weighted by Gasteiger charge is 2.28. The molecule has 0 spiro atoms. The van der Waals surface area contributed by atoms with Crippen molar-refractivity contribution in [3.8, 4) is 0 Å². The monoisotopic (exact) mass is 313 g/mol. The number of hydrogen-bond acceptors (Lipinski definition) is 4. The van der Waals surface area contributed by atoms with Crippen LogP contribution in [0.25, 0.3) is 11.0 Å². The molecule has 8 nitrogen and oxygen atoms in total. The van der Waals surface area contributed by atoms with Crippen LogP contribution < -0.4 is 10.4 Å². The minimum absolute atomic E-state index is 0.0521. The van der Waals surface area contributed by atoms with Gasteiger partial charge in [0.25, 0.3) is 0 Å². The average molecular weight is 313 g/mol. The van der Waals surface area contributed by atoms with Gasteiger partial charge in [0.1, 0.15) is 0 Å². The zero-order chi connectivity index (χ0) is 15.8. The third-order valence-electron chi connectivity index (χ3n) is 2.80. The Kier molecular flexibility index (Phi) is 3.64. The molecule has 2 aromatic rings. The van der Waals surface area contributed by atoms with Gasteiger partial charge in [-0.3, -0.25) is 4.79 Å². The molecule has 0 unspecified atom stereocenters. The zero-order valence-corrected chi connectivity index (χ0v) is 12.2. The van der Waals surface area contributed by atoms with Crippen molar-refractivity contribution in [3.63, 3.8) is 0 Å². The molecule has 4 N–H and O–H groups in total. The first-order valence-corrected chi connectivity index (χ1v) is 7.55. The number of carboxylic acids is 1. The molecule has 2 rings (SSSR count). The second kappa shape index (κ2) is 5.01. The van der Waals surface area contributed by atoms with Crippen LogP contribution in [0.2, 0.25) is 0 Å². The summed E-state index contributed by atoms with van der Waals surface area (Å²) in [6, 6.07) is 4.11. The van der Waals surface area contributed by atoms with Crippen molar-refractivity contribution < 1.29 is 18.3 Å². The number of hydrogen-bond donors (Lipinski definition) is 4. The van der Waals surface area contributed by atoms with Crippen molar-refractivity contribution in [2.45, 2.75) is 30.7 Å². The fourth-order valence-electron chi connectivity index (χ4n) is 2.02. The lowest BCUT2D eigenvalue weighted by Gasteiger charge is -2.23. The van der Waals surface area contributed by atoms with Crippen LogP contribution in [0.5, 0.6) is 0 Å². The Bertz CT molecular complexity index is 847. The molecule has 0 bridgehead atoms. The van der Waals surface area contributed by atoms with Gasteiger partial charge in [0.2, 0.25) is 10.0 Å². The summed E-state index contributed by atoms with van der Waals surface area (Å²) in [4.78, 5) is 26.8. The molecule has 0 aliphatic heterocycles. The van der Waals surface area contributed by atoms with Crippen LogP contribution in [0, 0.1) is 0 Å². The number of H-pyrrole nitrogens is 2. The molecule has 0 amide bonds. The number of nitrogens with one attached hydrogen (secondary N) is 3. The topological polar surface area (TPSA) is 132 Å². The van der Waals surface area contributed by atoms with Crippen LogP contribution in [-0.4, -0.2) is 35.0 Å². The molecule has 0 atom stereocenters. The molecule has 0 saturated carbocycles. The maximum atomic E-state index is 12.3. The molecule has 0 radical (unpaired) electrons. The Morgan fingerprint density at radius 3 is 2.52 bits per heavy atom. The van der Waals surface area contributed by atoms with Crippen LogP contribution in [0.4, 0.5) is 0 Å². The molecular formula is C12H15N3O5S. The first kappa shape index (κ1) is 15.3. The van der Waals surface area contributed by atoms with Gasteiger partial charge >= 0.3 is 11.7 Å². The summed E-state index contributed by atoms with van der Waals surface area (Å²) >= 11 is 0. The second-order valence-corrected chi connectivity index (χ2v) is 7.03. The minimum atomic E-state index is -3.90. The normalized spacial score (nSPS) is 12.7. The average Bonchev–Trinajstić information content (AvgIpc) is 2.64. The fraction of sp³-hybridized carbons (Fsp3) is 0.333. The number of carbonyl (C=O) groups is 1. The van der Waals surface area contributed by atoms with Gasteiger partial charge in [0.05, 0.1) is 22.3 Å². The van der Waals surface area contributed by atoms with Gasteiger partial charge in [0, 0.05) is 5.54 Å². The number of fused-ring (bicyclic) bond motifs is 1. The van der Waals surface area contributed by atoms with Crippen LogP contribution >= 0.6 is 0 Å². The van der Waals surface area contributed by atoms with E-state index in [4.69, 9.17) is 5.11 Å². The molecular weight excluding hydrogens is 298 g/mol. The summed E-state index contributed by atoms with van der Waals surface area (Å²) in [6.07, 6.45) is -0.352. The Hall–Kier alpha value is -2.13. The highest BCUT2D eigenvalue weighted by atomic mass is 32.2. The van der Waals surface area contributed by atoms with Gasteiger partial charge < -0.3 is 15.1 Å². The molecule has 0 fully saturated rings. The Balaban J connectivity index is 2.37. The smallest absolute Gasteiger partial charge is 0.323 e. The number of aliphatic carboxylic acids is 1. The van der Waals surface area contributed by atoms with E-state index in [2.05, 4.69) is 14.7 Å². The van der Waals surface area contributed by atoms with Gasteiger partial charge in [0.15, 0.2) is 0 Å². The molecule has 1 aromatic heterocycles. The van der Waals surface area contributed by atoms with Crippen LogP contribution in [0.1, 0.15) is 20.3 Å². The lowest BCUT2D eigenvalue weighted by atomic mass is 10.0. The summed E-state index contributed by atoms with van der Waals surface area (Å²) in [5.74, 6) is -1.10. The fourth-order valence-corrected chi connectivity index (χ4v) is 3.45. The number of aromatic amines is 2. The van der Waals surface area contributed by atoms with E-state index >= 15 is 0 Å². The van der Waals surface area contributed by atoms with E-state index in [1.54, 1.807) is 0 Å². The summed E-state index contributed by atoms with van der Waals surface area (Å²) < 4.78 is 26.9. The predicted molar refractivity (Wildman–Crippen MR) is 75.6 cm³/mol. The van der Waals surface area contributed by atoms with Gasteiger partial charge in [-0.15, -0.1) is 0 Å². The van der Waals surface area contributed by atoms with E-state index in [0.717, 1.165) is 0 Å². The largest absolute Gasteiger partial charge is 0.481 e. The zero-order valence-electron chi connectivity index (χ0n) is 11.4. The third-order valence-corrected chi connectivity index (χ3v) is 4.50. The molecule has 114 valence electrons. The third kappa shape index (κ3) is 3.50. The number of rotatable bonds is 5. The van der Waals surface area contributed by atoms with Crippen LogP contribution in [0.15, 0.2) is 27.9 Å². The minimum Gasteiger partial charge on any atom is -0.481 e. The van der Waals surface area contributed by atoms with Crippen molar-refractivity contribution in [1.82, 2.24) is 14.7 Å². The van der Waals surface area contributed by atoms with E-state index in [-0.39, 0.29) is 11.3 Å². The molecule has 0 saturated heterocycles. The van der Waals surface area contributed by atoms with Crippen LogP contribution in [0.3, 0.4) is 0 Å². The van der Waals surface area contributed by atoms with E-state index in [1.165, 1.54) is 32.0 Å². The predicted octanol–water partition coefficient (Wildman–Crippen LogP) is 0.388. The maximum Gasteiger partial charge on any atom is 0.323 e. The molecule has 21 heavy (non-hydrogen) atoms. The molecule has 9 heteroatoms. The lowest BCUT2D eigenvalue weighted by Crippen LogP contribution is -2.44. The van der Waals surface area contributed by atoms with Gasteiger partial charge in [-0.1, -0.05) is 0 Å². The number of benzene rings is 1. The second-order valence-electron chi connectivity index (χ2n) is 5.35. The Morgan fingerprint density at radius 1 is 1.29 bits per heavy atom. The van der Waals surface area contributed by atoms with E-state index in [0.29, 0.717) is 11.0 Å². The van der Waals surface area contributed by atoms with Crippen molar-refractivity contribution >= 4 is 27.0 Å². The maximum absolute atomic E-state index is 12.3. The molecule has 1 aromatic carbocycles. The Morgan fingerprint density at radius 2 is 1.90 bits per heavy atom. The summed E-state index contributed by atoms with van der Waals surface area (Å²) in [5, 5.41) is 8.78. The van der Waals surface area contributed by atoms with Gasteiger partial charge in [-0.25, -0.2) is 17.9 Å². The number of aromatic nitrogens is 2. The van der Waals surface area contributed by atoms with Crippen molar-refractivity contribution in [3.05, 3.63) is 28.7 Å². The highest BCUT2D eigenvalue weighted by molar-refractivity contribution is 7.89. The standard InChI is InChI=1S/C12H15N3O5S/c1-12(2,6-10(16)17)15-21(19,20)7-3-4-8-9(5-7)14-11(18)13-8/h3-5,15H,6H2,1-2H3,(H,16,17)(H2,13,14,18). The van der Waals surface area contributed by atoms with E-state index in [9.17, 15) is 18.0 Å². The first-order valence-electron chi connectivity index (χ1n) is 6.07. The Labute approximate surface area is 120 Å². The SMILES string of the molecule is CC(C)(CC(=O)O)NS(=O)(=O)c1ccc2[nH]c(=O)[nH]c2c1. The summed E-state index contributed by atoms with van der Waals surface area (Å²) in [6.45, 7) is 2.96. The molecule has 0 aliphatic rings. The van der Waals surface area contributed by atoms with E-state index < -0.39 is 27.2 Å². The van der Waals surface area contributed by atoms with Crippen molar-refractivity contribution in [2.24, 2.45) is 0 Å². The van der Waals surface area contributed by atoms with Gasteiger partial charge in [-0.2, -0.15) is 0 Å². The summed E-state index contributed by atoms with van der Waals surface area (Å²) in [5.41, 5.74) is -0.716. The number of imidazole rings is 1. The molecule has 0 aliphatic carbocycles. The lowest BCUT2D eigenvalue weighted by molar-refractivity contribution is -0.138. The first-order chi connectivity index (χ1) is 9.59. The van der Waals surface area contributed by atoms with E-state index in [1.807, 2.05) is 0 Å². The highest BCUT2D eigenvalue weighted by Crippen LogP contribution is 2.18. The van der Waals surface area contributed by atoms with Crippen LogP contribution in [-0.2, 0) is 14.8 Å². The molecule has 1 heterocycles. The number of carboxylic acid groups (broad SMARTS) is 1. The van der Waals surface area contributed by atoms with Crippen molar-refractivity contribution in [2.75, 3.05) is 0 Å². The number of sulfonamides is 1. The summed E-state index contributed by atoms with van der Waals surface area (Å²) in [7, 11) is -3.90. The van der Waals surface area contributed by atoms with Crippen molar-refractivity contribution in [1.29, 1.82) is 0 Å².